The number of methoxy groups -OCH3 is 1. The topological polar surface area (TPSA) is 65.7 Å². The second kappa shape index (κ2) is 10.1. The Kier molecular flexibility index (Phi) is 7.78. The van der Waals surface area contributed by atoms with Crippen LogP contribution in [0.3, 0.4) is 0 Å². The second-order valence-electron chi connectivity index (χ2n) is 6.86. The monoisotopic (exact) mass is 569 g/mol. The van der Waals surface area contributed by atoms with Crippen molar-refractivity contribution in [3.05, 3.63) is 60.0 Å². The molecule has 9 heteroatoms. The van der Waals surface area contributed by atoms with Gasteiger partial charge in [-0.15, -0.1) is 0 Å². The van der Waals surface area contributed by atoms with E-state index >= 15 is 0 Å². The minimum Gasteiger partial charge on any atom is -0.493 e. The van der Waals surface area contributed by atoms with Crippen molar-refractivity contribution in [2.24, 2.45) is 5.10 Å². The Labute approximate surface area is 202 Å². The van der Waals surface area contributed by atoms with Crippen LogP contribution in [0, 0.1) is 0 Å². The van der Waals surface area contributed by atoms with Gasteiger partial charge >= 0.3 is 0 Å². The number of aromatic nitrogens is 2. The van der Waals surface area contributed by atoms with E-state index < -0.39 is 0 Å². The molecule has 0 radical (unpaired) electrons. The summed E-state index contributed by atoms with van der Waals surface area (Å²) in [5.74, 6) is 1.57. The molecule has 1 aromatic heterocycles. The van der Waals surface area contributed by atoms with Gasteiger partial charge in [0.15, 0.2) is 11.5 Å². The molecule has 164 valence electrons. The molecular formula is C22H22Br2ClN3O3. The van der Waals surface area contributed by atoms with Gasteiger partial charge in [0.05, 0.1) is 30.8 Å². The normalized spacial score (nSPS) is 12.5. The molecule has 0 unspecified atom stereocenters. The van der Waals surface area contributed by atoms with Crippen LogP contribution in [-0.2, 0) is 0 Å². The highest BCUT2D eigenvalue weighted by atomic mass is 79.9. The second-order valence-corrected chi connectivity index (χ2v) is 8.95. The first-order valence-corrected chi connectivity index (χ1v) is 11.7. The molecule has 0 fully saturated rings. The van der Waals surface area contributed by atoms with Crippen LogP contribution >= 0.6 is 43.5 Å². The highest BCUT2D eigenvalue weighted by molar-refractivity contribution is 9.10. The fourth-order valence-electron chi connectivity index (χ4n) is 3.03. The van der Waals surface area contributed by atoms with Gasteiger partial charge in [-0.2, -0.15) is 9.78 Å². The van der Waals surface area contributed by atoms with Gasteiger partial charge in [-0.1, -0.05) is 41.4 Å². The third-order valence-electron chi connectivity index (χ3n) is 4.86. The van der Waals surface area contributed by atoms with Crippen LogP contribution in [0.2, 0.25) is 5.02 Å². The number of nitrogens with zero attached hydrogens (tertiary/aromatic N) is 3. The summed E-state index contributed by atoms with van der Waals surface area (Å²) >= 11 is 13.4. The summed E-state index contributed by atoms with van der Waals surface area (Å²) in [7, 11) is 1.54. The first kappa shape index (κ1) is 23.8. The third-order valence-corrected chi connectivity index (χ3v) is 6.80. The third kappa shape index (κ3) is 4.81. The Hall–Kier alpha value is -1.90. The molecule has 0 N–H and O–H groups in total. The van der Waals surface area contributed by atoms with Gasteiger partial charge in [-0.25, -0.2) is 4.98 Å². The average molecular weight is 572 g/mol. The molecule has 1 atom stereocenters. The summed E-state index contributed by atoms with van der Waals surface area (Å²) in [5.41, 5.74) is 1.04. The molecule has 3 rings (SSSR count). The summed E-state index contributed by atoms with van der Waals surface area (Å²) < 4.78 is 13.8. The molecule has 0 spiro atoms. The largest absolute Gasteiger partial charge is 0.493 e. The van der Waals surface area contributed by atoms with Crippen LogP contribution in [0.25, 0.3) is 10.9 Å². The first-order chi connectivity index (χ1) is 14.8. The lowest BCUT2D eigenvalue weighted by atomic mass is 10.1. The molecule has 0 aliphatic rings. The molecule has 0 saturated carbocycles. The van der Waals surface area contributed by atoms with Crippen molar-refractivity contribution in [1.82, 2.24) is 9.66 Å². The Morgan fingerprint density at radius 3 is 2.68 bits per heavy atom. The molecule has 0 aliphatic heterocycles. The van der Waals surface area contributed by atoms with Crippen molar-refractivity contribution in [2.75, 3.05) is 13.7 Å². The van der Waals surface area contributed by atoms with Crippen LogP contribution in [0.5, 0.6) is 11.5 Å². The van der Waals surface area contributed by atoms with E-state index in [0.29, 0.717) is 49.9 Å². The fraction of sp³-hybridized carbons (Fsp3) is 0.318. The zero-order valence-electron chi connectivity index (χ0n) is 17.6. The van der Waals surface area contributed by atoms with Crippen LogP contribution in [-0.4, -0.2) is 29.6 Å². The van der Waals surface area contributed by atoms with E-state index in [-0.39, 0.29) is 11.5 Å². The van der Waals surface area contributed by atoms with E-state index in [1.54, 1.807) is 25.5 Å². The molecule has 3 aromatic rings. The summed E-state index contributed by atoms with van der Waals surface area (Å²) in [6, 6.07) is 7.20. The van der Waals surface area contributed by atoms with Gasteiger partial charge in [0.1, 0.15) is 10.8 Å². The lowest BCUT2D eigenvalue weighted by Crippen LogP contribution is -2.23. The van der Waals surface area contributed by atoms with Gasteiger partial charge in [-0.05, 0) is 53.5 Å². The van der Waals surface area contributed by atoms with Gasteiger partial charge in [-0.3, -0.25) is 4.79 Å². The van der Waals surface area contributed by atoms with Crippen molar-refractivity contribution in [3.8, 4) is 11.5 Å². The Balaban J connectivity index is 2.20. The first-order valence-electron chi connectivity index (χ1n) is 9.77. The Morgan fingerprint density at radius 2 is 2.03 bits per heavy atom. The maximum Gasteiger partial charge on any atom is 0.282 e. The van der Waals surface area contributed by atoms with Gasteiger partial charge in [0.2, 0.25) is 0 Å². The maximum absolute atomic E-state index is 13.3. The quantitative estimate of drug-likeness (QED) is 0.309. The number of hydrogen-bond acceptors (Lipinski definition) is 5. The Bertz CT molecular complexity index is 1210. The minimum absolute atomic E-state index is 0.0415. The zero-order chi connectivity index (χ0) is 22.7. The number of hydrogen-bond donors (Lipinski definition) is 0. The van der Waals surface area contributed by atoms with Gasteiger partial charge < -0.3 is 9.47 Å². The number of benzene rings is 2. The number of fused-ring (bicyclic) bond motifs is 1. The smallest absolute Gasteiger partial charge is 0.282 e. The van der Waals surface area contributed by atoms with Crippen LogP contribution in [0.4, 0.5) is 0 Å². The van der Waals surface area contributed by atoms with Gasteiger partial charge in [0.25, 0.3) is 5.56 Å². The summed E-state index contributed by atoms with van der Waals surface area (Å²) in [5, 5.41) is 5.35. The van der Waals surface area contributed by atoms with E-state index in [0.717, 1.165) is 10.9 Å². The molecule has 31 heavy (non-hydrogen) atoms. The molecule has 2 aromatic carbocycles. The summed E-state index contributed by atoms with van der Waals surface area (Å²) in [6.45, 7) is 6.38. The van der Waals surface area contributed by atoms with E-state index in [9.17, 15) is 4.79 Å². The van der Waals surface area contributed by atoms with E-state index in [2.05, 4.69) is 37.0 Å². The molecule has 0 amide bonds. The molecule has 0 saturated heterocycles. The highest BCUT2D eigenvalue weighted by Crippen LogP contribution is 2.42. The molecule has 1 heterocycles. The van der Waals surface area contributed by atoms with Crippen molar-refractivity contribution in [2.45, 2.75) is 33.1 Å². The fourth-order valence-corrected chi connectivity index (χ4v) is 4.04. The highest BCUT2D eigenvalue weighted by Gasteiger charge is 2.18. The summed E-state index contributed by atoms with van der Waals surface area (Å²) in [4.78, 5) is 18.0. The SMILES string of the molecule is CCOc1c(OC)cc(C=Nn2c([C@H](C)CC)nc3ccc(Br)cc3c2=O)c(Br)c1Cl. The molecule has 0 aliphatic carbocycles. The Morgan fingerprint density at radius 1 is 1.29 bits per heavy atom. The molecule has 6 nitrogen and oxygen atoms in total. The number of ether oxygens (including phenoxy) is 2. The maximum atomic E-state index is 13.3. The van der Waals surface area contributed by atoms with Crippen molar-refractivity contribution < 1.29 is 9.47 Å². The van der Waals surface area contributed by atoms with Crippen molar-refractivity contribution >= 4 is 60.6 Å². The standard InChI is InChI=1S/C22H22Br2ClN3O3/c1-5-12(3)21-27-16-8-7-14(23)10-15(16)22(29)28(21)26-11-13-9-17(30-4)20(31-6-2)19(25)18(13)24/h7-12H,5-6H2,1-4H3/t12-/m1/s1. The minimum atomic E-state index is -0.238. The van der Waals surface area contributed by atoms with Crippen LogP contribution in [0.15, 0.2) is 43.1 Å². The predicted octanol–water partition coefficient (Wildman–Crippen LogP) is 6.38. The van der Waals surface area contributed by atoms with E-state index in [1.807, 2.05) is 32.9 Å². The molecular weight excluding hydrogens is 550 g/mol. The zero-order valence-corrected chi connectivity index (χ0v) is 21.5. The summed E-state index contributed by atoms with van der Waals surface area (Å²) in [6.07, 6.45) is 2.38. The van der Waals surface area contributed by atoms with E-state index in [1.165, 1.54) is 4.68 Å². The van der Waals surface area contributed by atoms with Crippen molar-refractivity contribution in [3.63, 3.8) is 0 Å². The van der Waals surface area contributed by atoms with Crippen LogP contribution < -0.4 is 15.0 Å². The van der Waals surface area contributed by atoms with Gasteiger partial charge in [0, 0.05) is 20.4 Å². The van der Waals surface area contributed by atoms with E-state index in [4.69, 9.17) is 26.1 Å². The number of halogens is 3. The lowest BCUT2D eigenvalue weighted by Gasteiger charge is -2.15. The van der Waals surface area contributed by atoms with Crippen LogP contribution in [0.1, 0.15) is 44.5 Å². The lowest BCUT2D eigenvalue weighted by molar-refractivity contribution is 0.311. The van der Waals surface area contributed by atoms with Crippen molar-refractivity contribution in [1.29, 1.82) is 0 Å². The number of rotatable bonds is 7. The average Bonchev–Trinajstić information content (AvgIpc) is 2.77. The molecule has 0 bridgehead atoms. The predicted molar refractivity (Wildman–Crippen MR) is 132 cm³/mol.